The van der Waals surface area contributed by atoms with Crippen molar-refractivity contribution in [3.63, 3.8) is 0 Å². The Morgan fingerprint density at radius 1 is 1.13 bits per heavy atom. The fourth-order valence-corrected chi connectivity index (χ4v) is 3.62. The highest BCUT2D eigenvalue weighted by Crippen LogP contribution is 2.35. The summed E-state index contributed by atoms with van der Waals surface area (Å²) in [6.45, 7) is 4.02. The fraction of sp³-hybridized carbons (Fsp3) is 0.286. The number of nitrogens with zero attached hydrogens (tertiary/aromatic N) is 4. The number of nitrogens with one attached hydrogen (secondary N) is 1. The number of amides is 1. The zero-order chi connectivity index (χ0) is 22.8. The lowest BCUT2D eigenvalue weighted by Gasteiger charge is -2.19. The Morgan fingerprint density at radius 2 is 1.87 bits per heavy atom. The van der Waals surface area contributed by atoms with Crippen LogP contribution in [0.4, 0.5) is 24.5 Å². The molecular formula is C21H22F3N5OS. The first-order valence-electron chi connectivity index (χ1n) is 9.35. The summed E-state index contributed by atoms with van der Waals surface area (Å²) in [5.74, 6) is -0.478. The molecule has 1 N–H and O–H groups in total. The molecule has 31 heavy (non-hydrogen) atoms. The largest absolute Gasteiger partial charge is 0.416 e. The summed E-state index contributed by atoms with van der Waals surface area (Å²) in [6, 6.07) is 9.18. The van der Waals surface area contributed by atoms with Crippen LogP contribution in [-0.2, 0) is 11.0 Å². The molecule has 0 aliphatic carbocycles. The zero-order valence-electron chi connectivity index (χ0n) is 17.5. The SMILES string of the molecule is Cc1ccc(-n2cnnc2SCC(=O)Nc2cc(C(F)(F)F)ccc2N(C)C)cc1C. The molecular weight excluding hydrogens is 427 g/mol. The Morgan fingerprint density at radius 3 is 2.52 bits per heavy atom. The average Bonchev–Trinajstić information content (AvgIpc) is 3.16. The van der Waals surface area contributed by atoms with Gasteiger partial charge in [-0.05, 0) is 55.3 Å². The van der Waals surface area contributed by atoms with Crippen molar-refractivity contribution in [2.45, 2.75) is 25.2 Å². The van der Waals surface area contributed by atoms with E-state index < -0.39 is 17.6 Å². The minimum absolute atomic E-state index is 0.0351. The molecule has 1 aromatic heterocycles. The van der Waals surface area contributed by atoms with Crippen molar-refractivity contribution in [3.8, 4) is 5.69 Å². The Kier molecular flexibility index (Phi) is 6.59. The summed E-state index contributed by atoms with van der Waals surface area (Å²) in [5, 5.41) is 11.1. The Balaban J connectivity index is 1.74. The van der Waals surface area contributed by atoms with Crippen LogP contribution in [0.1, 0.15) is 16.7 Å². The number of hydrogen-bond acceptors (Lipinski definition) is 5. The normalized spacial score (nSPS) is 11.5. The van der Waals surface area contributed by atoms with Gasteiger partial charge in [0.25, 0.3) is 0 Å². The second-order valence-electron chi connectivity index (χ2n) is 7.21. The summed E-state index contributed by atoms with van der Waals surface area (Å²) in [7, 11) is 3.39. The number of thioether (sulfide) groups is 1. The van der Waals surface area contributed by atoms with Crippen LogP contribution in [-0.4, -0.2) is 40.5 Å². The summed E-state index contributed by atoms with van der Waals surface area (Å²) < 4.78 is 41.0. The molecule has 0 bridgehead atoms. The highest BCUT2D eigenvalue weighted by molar-refractivity contribution is 7.99. The van der Waals surface area contributed by atoms with Gasteiger partial charge >= 0.3 is 6.18 Å². The van der Waals surface area contributed by atoms with Crippen molar-refractivity contribution in [3.05, 3.63) is 59.4 Å². The van der Waals surface area contributed by atoms with Crippen molar-refractivity contribution in [2.24, 2.45) is 0 Å². The van der Waals surface area contributed by atoms with E-state index in [2.05, 4.69) is 15.5 Å². The molecule has 0 aliphatic rings. The smallest absolute Gasteiger partial charge is 0.376 e. The van der Waals surface area contributed by atoms with Gasteiger partial charge in [-0.3, -0.25) is 9.36 Å². The van der Waals surface area contributed by atoms with Crippen LogP contribution in [0.15, 0.2) is 47.9 Å². The van der Waals surface area contributed by atoms with Crippen LogP contribution in [0.3, 0.4) is 0 Å². The molecule has 0 radical (unpaired) electrons. The Labute approximate surface area is 182 Å². The van der Waals surface area contributed by atoms with Gasteiger partial charge in [0.15, 0.2) is 5.16 Å². The van der Waals surface area contributed by atoms with Crippen molar-refractivity contribution in [1.82, 2.24) is 14.8 Å². The molecule has 0 aliphatic heterocycles. The molecule has 0 atom stereocenters. The number of benzene rings is 2. The predicted molar refractivity (Wildman–Crippen MR) is 116 cm³/mol. The number of carbonyl (C=O) groups excluding carboxylic acids is 1. The molecule has 0 fully saturated rings. The van der Waals surface area contributed by atoms with Gasteiger partial charge in [-0.15, -0.1) is 10.2 Å². The van der Waals surface area contributed by atoms with Crippen LogP contribution in [0.25, 0.3) is 5.69 Å². The first-order chi connectivity index (χ1) is 14.6. The van der Waals surface area contributed by atoms with E-state index in [0.29, 0.717) is 10.8 Å². The van der Waals surface area contributed by atoms with Crippen LogP contribution < -0.4 is 10.2 Å². The average molecular weight is 450 g/mol. The third-order valence-electron chi connectivity index (χ3n) is 4.70. The molecule has 6 nitrogen and oxygen atoms in total. The van der Waals surface area contributed by atoms with Crippen molar-refractivity contribution >= 4 is 29.0 Å². The van der Waals surface area contributed by atoms with Gasteiger partial charge in [0.2, 0.25) is 5.91 Å². The Hall–Kier alpha value is -3.01. The molecule has 3 rings (SSSR count). The number of halogens is 3. The monoisotopic (exact) mass is 449 g/mol. The Bertz CT molecular complexity index is 1090. The van der Waals surface area contributed by atoms with Gasteiger partial charge in [-0.1, -0.05) is 17.8 Å². The maximum atomic E-state index is 13.1. The summed E-state index contributed by atoms with van der Waals surface area (Å²) in [6.07, 6.45) is -2.94. The van der Waals surface area contributed by atoms with Gasteiger partial charge in [-0.2, -0.15) is 13.2 Å². The number of hydrogen-bond donors (Lipinski definition) is 1. The van der Waals surface area contributed by atoms with Crippen molar-refractivity contribution < 1.29 is 18.0 Å². The molecule has 1 heterocycles. The maximum absolute atomic E-state index is 13.1. The molecule has 0 unspecified atom stereocenters. The third-order valence-corrected chi connectivity index (χ3v) is 5.64. The van der Waals surface area contributed by atoms with E-state index >= 15 is 0 Å². The number of alkyl halides is 3. The van der Waals surface area contributed by atoms with Gasteiger partial charge in [-0.25, -0.2) is 0 Å². The quantitative estimate of drug-likeness (QED) is 0.553. The lowest BCUT2D eigenvalue weighted by molar-refractivity contribution is -0.137. The highest BCUT2D eigenvalue weighted by atomic mass is 32.2. The van der Waals surface area contributed by atoms with Crippen LogP contribution >= 0.6 is 11.8 Å². The molecule has 2 aromatic carbocycles. The van der Waals surface area contributed by atoms with E-state index in [0.717, 1.165) is 40.7 Å². The molecule has 0 saturated heterocycles. The van der Waals surface area contributed by atoms with E-state index in [1.807, 2.05) is 32.0 Å². The van der Waals surface area contributed by atoms with Gasteiger partial charge < -0.3 is 10.2 Å². The highest BCUT2D eigenvalue weighted by Gasteiger charge is 2.31. The lowest BCUT2D eigenvalue weighted by Crippen LogP contribution is -2.19. The van der Waals surface area contributed by atoms with Crippen LogP contribution in [0, 0.1) is 13.8 Å². The maximum Gasteiger partial charge on any atom is 0.416 e. The van der Waals surface area contributed by atoms with Gasteiger partial charge in [0.1, 0.15) is 6.33 Å². The summed E-state index contributed by atoms with van der Waals surface area (Å²) in [5.41, 5.74) is 2.88. The minimum Gasteiger partial charge on any atom is -0.376 e. The third kappa shape index (κ3) is 5.38. The topological polar surface area (TPSA) is 63.1 Å². The summed E-state index contributed by atoms with van der Waals surface area (Å²) >= 11 is 1.15. The standard InChI is InChI=1S/C21H22F3N5OS/c1-13-5-7-16(9-14(13)2)29-12-25-27-20(29)31-11-19(30)26-17-10-15(21(22,23)24)6-8-18(17)28(3)4/h5-10,12H,11H2,1-4H3,(H,26,30). The molecule has 1 amide bonds. The second-order valence-corrected chi connectivity index (χ2v) is 8.16. The molecule has 3 aromatic rings. The number of aromatic nitrogens is 3. The molecule has 10 heteroatoms. The van der Waals surface area contributed by atoms with E-state index in [1.54, 1.807) is 29.9 Å². The second kappa shape index (κ2) is 9.01. The minimum atomic E-state index is -4.50. The lowest BCUT2D eigenvalue weighted by atomic mass is 10.1. The molecule has 164 valence electrons. The zero-order valence-corrected chi connectivity index (χ0v) is 18.3. The van der Waals surface area contributed by atoms with Gasteiger partial charge in [0, 0.05) is 19.8 Å². The van der Waals surface area contributed by atoms with Gasteiger partial charge in [0.05, 0.1) is 22.7 Å². The van der Waals surface area contributed by atoms with E-state index in [1.165, 1.54) is 6.07 Å². The van der Waals surface area contributed by atoms with Crippen molar-refractivity contribution in [1.29, 1.82) is 0 Å². The molecule has 0 saturated carbocycles. The summed E-state index contributed by atoms with van der Waals surface area (Å²) in [4.78, 5) is 14.1. The number of aryl methyl sites for hydroxylation is 2. The number of anilines is 2. The fourth-order valence-electron chi connectivity index (χ4n) is 2.89. The van der Waals surface area contributed by atoms with E-state index in [4.69, 9.17) is 0 Å². The number of rotatable bonds is 6. The van der Waals surface area contributed by atoms with Crippen molar-refractivity contribution in [2.75, 3.05) is 30.1 Å². The molecule has 0 spiro atoms. The van der Waals surface area contributed by atoms with Crippen LogP contribution in [0.2, 0.25) is 0 Å². The first-order valence-corrected chi connectivity index (χ1v) is 10.3. The van der Waals surface area contributed by atoms with Crippen LogP contribution in [0.5, 0.6) is 0 Å². The first kappa shape index (κ1) is 22.7. The van der Waals surface area contributed by atoms with E-state index in [9.17, 15) is 18.0 Å². The predicted octanol–water partition coefficient (Wildman–Crippen LogP) is 4.70. The van der Waals surface area contributed by atoms with E-state index in [-0.39, 0.29) is 11.4 Å². The number of carbonyl (C=O) groups is 1.